The molecule has 0 bridgehead atoms. The minimum absolute atomic E-state index is 0.0534. The normalized spacial score (nSPS) is 16.9. The zero-order valence-electron chi connectivity index (χ0n) is 20.0. The van der Waals surface area contributed by atoms with Gasteiger partial charge in [0.2, 0.25) is 5.91 Å². The number of ether oxygens (including phenoxy) is 6. The molecule has 1 fully saturated rings. The second kappa shape index (κ2) is 17.8. The van der Waals surface area contributed by atoms with Gasteiger partial charge in [0.05, 0.1) is 72.2 Å². The Morgan fingerprint density at radius 2 is 1.45 bits per heavy atom. The lowest BCUT2D eigenvalue weighted by Gasteiger charge is -2.23. The molecule has 0 aliphatic carbocycles. The van der Waals surface area contributed by atoms with Gasteiger partial charge < -0.3 is 38.6 Å². The Labute approximate surface area is 197 Å². The molecule has 0 radical (unpaired) electrons. The predicted molar refractivity (Wildman–Crippen MR) is 124 cm³/mol. The van der Waals surface area contributed by atoms with E-state index in [1.807, 2.05) is 42.3 Å². The highest BCUT2D eigenvalue weighted by Crippen LogP contribution is 2.20. The standard InChI is InChI=1S/C24H40N2O7/c1-25-23(21-6-4-3-5-7-21)24(27)26-9-8-22(20-26)33-19-18-32-17-16-31-15-14-30-13-12-29-11-10-28-2/h3-7,22-23,25H,8-20H2,1-2H3/t22-,23-/m0/s1. The van der Waals surface area contributed by atoms with Gasteiger partial charge in [-0.3, -0.25) is 4.79 Å². The summed E-state index contributed by atoms with van der Waals surface area (Å²) in [5, 5.41) is 3.13. The summed E-state index contributed by atoms with van der Waals surface area (Å²) in [6.07, 6.45) is 0.898. The lowest BCUT2D eigenvalue weighted by Crippen LogP contribution is -2.39. The number of amides is 1. The molecule has 0 spiro atoms. The maximum Gasteiger partial charge on any atom is 0.244 e. The van der Waals surface area contributed by atoms with Crippen molar-refractivity contribution in [2.24, 2.45) is 0 Å². The molecule has 2 rings (SSSR count). The first-order chi connectivity index (χ1) is 16.3. The van der Waals surface area contributed by atoms with Crippen LogP contribution < -0.4 is 5.32 Å². The monoisotopic (exact) mass is 468 g/mol. The Morgan fingerprint density at radius 1 is 0.909 bits per heavy atom. The number of nitrogens with one attached hydrogen (secondary N) is 1. The first kappa shape index (κ1) is 27.7. The molecular weight excluding hydrogens is 428 g/mol. The van der Waals surface area contributed by atoms with E-state index in [1.54, 1.807) is 7.11 Å². The molecule has 1 N–H and O–H groups in total. The Morgan fingerprint density at radius 3 is 2.00 bits per heavy atom. The summed E-state index contributed by atoms with van der Waals surface area (Å²) < 4.78 is 32.5. The van der Waals surface area contributed by atoms with E-state index in [4.69, 9.17) is 28.4 Å². The van der Waals surface area contributed by atoms with Crippen LogP contribution in [-0.2, 0) is 33.2 Å². The van der Waals surface area contributed by atoms with Crippen LogP contribution >= 0.6 is 0 Å². The van der Waals surface area contributed by atoms with Crippen LogP contribution in [0.2, 0.25) is 0 Å². The van der Waals surface area contributed by atoms with Crippen molar-refractivity contribution in [3.63, 3.8) is 0 Å². The number of carbonyl (C=O) groups excluding carboxylic acids is 1. The maximum atomic E-state index is 12.9. The molecule has 1 heterocycles. The van der Waals surface area contributed by atoms with Crippen LogP contribution in [0.4, 0.5) is 0 Å². The zero-order chi connectivity index (χ0) is 23.6. The first-order valence-electron chi connectivity index (χ1n) is 11.7. The molecule has 1 amide bonds. The number of benzene rings is 1. The van der Waals surface area contributed by atoms with Gasteiger partial charge >= 0.3 is 0 Å². The molecule has 9 heteroatoms. The number of hydrogen-bond acceptors (Lipinski definition) is 8. The molecule has 0 saturated carbocycles. The van der Waals surface area contributed by atoms with E-state index in [-0.39, 0.29) is 18.1 Å². The lowest BCUT2D eigenvalue weighted by molar-refractivity contribution is -0.133. The van der Waals surface area contributed by atoms with Gasteiger partial charge in [-0.05, 0) is 19.0 Å². The zero-order valence-corrected chi connectivity index (χ0v) is 20.0. The Bertz CT molecular complexity index is 620. The third-order valence-electron chi connectivity index (χ3n) is 5.25. The highest BCUT2D eigenvalue weighted by atomic mass is 16.6. The molecule has 33 heavy (non-hydrogen) atoms. The van der Waals surface area contributed by atoms with Gasteiger partial charge in [0, 0.05) is 20.2 Å². The summed E-state index contributed by atoms with van der Waals surface area (Å²) in [6, 6.07) is 9.46. The van der Waals surface area contributed by atoms with E-state index in [0.29, 0.717) is 79.2 Å². The average Bonchev–Trinajstić information content (AvgIpc) is 3.32. The number of methoxy groups -OCH3 is 1. The van der Waals surface area contributed by atoms with Crippen LogP contribution in [0.3, 0.4) is 0 Å². The number of likely N-dealkylation sites (tertiary alicyclic amines) is 1. The van der Waals surface area contributed by atoms with E-state index in [1.165, 1.54) is 0 Å². The summed E-state index contributed by atoms with van der Waals surface area (Å²) in [5.74, 6) is 0.0887. The second-order valence-corrected chi connectivity index (χ2v) is 7.64. The molecular formula is C24H40N2O7. The smallest absolute Gasteiger partial charge is 0.244 e. The highest BCUT2D eigenvalue weighted by molar-refractivity contribution is 5.83. The minimum Gasteiger partial charge on any atom is -0.382 e. The number of carbonyl (C=O) groups is 1. The number of nitrogens with zero attached hydrogens (tertiary/aromatic N) is 1. The van der Waals surface area contributed by atoms with Crippen molar-refractivity contribution in [2.45, 2.75) is 18.6 Å². The molecule has 1 aliphatic heterocycles. The number of hydrogen-bond donors (Lipinski definition) is 1. The van der Waals surface area contributed by atoms with Crippen molar-refractivity contribution in [2.75, 3.05) is 93.3 Å². The summed E-state index contributed by atoms with van der Waals surface area (Å²) in [7, 11) is 3.46. The molecule has 0 unspecified atom stereocenters. The molecule has 188 valence electrons. The molecule has 1 saturated heterocycles. The van der Waals surface area contributed by atoms with Gasteiger partial charge in [0.1, 0.15) is 6.04 Å². The highest BCUT2D eigenvalue weighted by Gasteiger charge is 2.31. The Hall–Kier alpha value is -1.59. The van der Waals surface area contributed by atoms with Crippen LogP contribution in [0.5, 0.6) is 0 Å². The van der Waals surface area contributed by atoms with Crippen molar-refractivity contribution < 1.29 is 33.2 Å². The Balaban J connectivity index is 1.43. The van der Waals surface area contributed by atoms with Crippen LogP contribution in [0.1, 0.15) is 18.0 Å². The van der Waals surface area contributed by atoms with Gasteiger partial charge in [0.25, 0.3) is 0 Å². The Kier molecular flexibility index (Phi) is 14.9. The van der Waals surface area contributed by atoms with Crippen molar-refractivity contribution in [3.05, 3.63) is 35.9 Å². The van der Waals surface area contributed by atoms with E-state index >= 15 is 0 Å². The third-order valence-corrected chi connectivity index (χ3v) is 5.25. The SMILES string of the molecule is CN[C@H](C(=O)N1CC[C@H](OCCOCCOCCOCCOCCOC)C1)c1ccccc1. The van der Waals surface area contributed by atoms with Crippen LogP contribution in [0.15, 0.2) is 30.3 Å². The van der Waals surface area contributed by atoms with Gasteiger partial charge in [-0.25, -0.2) is 0 Å². The summed E-state index contributed by atoms with van der Waals surface area (Å²) in [4.78, 5) is 14.8. The fourth-order valence-corrected chi connectivity index (χ4v) is 3.50. The summed E-state index contributed by atoms with van der Waals surface area (Å²) in [6.45, 7) is 6.72. The van der Waals surface area contributed by atoms with Gasteiger partial charge in [0.15, 0.2) is 0 Å². The summed E-state index contributed by atoms with van der Waals surface area (Å²) in [5.41, 5.74) is 0.975. The fraction of sp³-hybridized carbons (Fsp3) is 0.708. The van der Waals surface area contributed by atoms with Crippen molar-refractivity contribution >= 4 is 5.91 Å². The predicted octanol–water partition coefficient (Wildman–Crippen LogP) is 1.28. The van der Waals surface area contributed by atoms with E-state index in [2.05, 4.69) is 5.32 Å². The molecule has 1 aromatic carbocycles. The largest absolute Gasteiger partial charge is 0.382 e. The van der Waals surface area contributed by atoms with Gasteiger partial charge in [-0.2, -0.15) is 0 Å². The van der Waals surface area contributed by atoms with Crippen molar-refractivity contribution in [1.82, 2.24) is 10.2 Å². The molecule has 9 nitrogen and oxygen atoms in total. The molecule has 0 aromatic heterocycles. The lowest BCUT2D eigenvalue weighted by atomic mass is 10.1. The second-order valence-electron chi connectivity index (χ2n) is 7.64. The fourth-order valence-electron chi connectivity index (χ4n) is 3.50. The molecule has 1 aliphatic rings. The van der Waals surface area contributed by atoms with Crippen LogP contribution in [-0.4, -0.2) is 110 Å². The number of rotatable bonds is 19. The topological polar surface area (TPSA) is 87.7 Å². The van der Waals surface area contributed by atoms with Crippen molar-refractivity contribution in [3.8, 4) is 0 Å². The van der Waals surface area contributed by atoms with Crippen molar-refractivity contribution in [1.29, 1.82) is 0 Å². The first-order valence-corrected chi connectivity index (χ1v) is 11.7. The third kappa shape index (κ3) is 11.4. The van der Waals surface area contributed by atoms with Gasteiger partial charge in [-0.1, -0.05) is 30.3 Å². The summed E-state index contributed by atoms with van der Waals surface area (Å²) >= 11 is 0. The van der Waals surface area contributed by atoms with E-state index in [9.17, 15) is 4.79 Å². The van der Waals surface area contributed by atoms with E-state index < -0.39 is 0 Å². The molecule has 1 aromatic rings. The van der Waals surface area contributed by atoms with E-state index in [0.717, 1.165) is 12.0 Å². The maximum absolute atomic E-state index is 12.9. The van der Waals surface area contributed by atoms with Crippen LogP contribution in [0, 0.1) is 0 Å². The van der Waals surface area contributed by atoms with Gasteiger partial charge in [-0.15, -0.1) is 0 Å². The molecule has 2 atom stereocenters. The van der Waals surface area contributed by atoms with Crippen LogP contribution in [0.25, 0.3) is 0 Å². The quantitative estimate of drug-likeness (QED) is 0.304. The average molecular weight is 469 g/mol. The number of likely N-dealkylation sites (N-methyl/N-ethyl adjacent to an activating group) is 1. The minimum atomic E-state index is -0.326.